The molecule has 0 saturated heterocycles. The van der Waals surface area contributed by atoms with Crippen LogP contribution in [-0.4, -0.2) is 49.3 Å². The normalized spacial score (nSPS) is 13.1. The molecule has 0 aromatic carbocycles. The van der Waals surface area contributed by atoms with Crippen molar-refractivity contribution in [3.05, 3.63) is 12.2 Å². The van der Waals surface area contributed by atoms with Gasteiger partial charge in [-0.25, -0.2) is 4.57 Å². The van der Waals surface area contributed by atoms with Crippen LogP contribution < -0.4 is 5.73 Å². The lowest BCUT2D eigenvalue weighted by Gasteiger charge is -2.19. The number of phosphoric ester groups is 1. The van der Waals surface area contributed by atoms with Gasteiger partial charge < -0.3 is 20.1 Å². The van der Waals surface area contributed by atoms with Crippen LogP contribution in [0.1, 0.15) is 290 Å². The Balaban J connectivity index is 3.96. The molecule has 380 valence electrons. The minimum absolute atomic E-state index is 0.0564. The molecule has 0 aromatic heterocycles. The van der Waals surface area contributed by atoms with E-state index in [-0.39, 0.29) is 38.6 Å². The Kier molecular flexibility index (Phi) is 50.1. The Morgan fingerprint density at radius 1 is 0.453 bits per heavy atom. The number of hydrogen-bond acceptors (Lipinski definition) is 8. The maximum atomic E-state index is 12.7. The lowest BCUT2D eigenvalue weighted by atomic mass is 10.0. The fraction of sp³-hybridized carbons (Fsp3) is 0.926. The molecule has 0 bridgehead atoms. The summed E-state index contributed by atoms with van der Waals surface area (Å²) in [6, 6.07) is 0. The maximum Gasteiger partial charge on any atom is 0.472 e. The zero-order valence-corrected chi connectivity index (χ0v) is 43.2. The Hall–Kier alpha value is -1.25. The van der Waals surface area contributed by atoms with E-state index in [1.807, 2.05) is 0 Å². The van der Waals surface area contributed by atoms with Crippen molar-refractivity contribution >= 4 is 19.8 Å². The molecule has 64 heavy (non-hydrogen) atoms. The number of hydrogen-bond donors (Lipinski definition) is 2. The average Bonchev–Trinajstić information content (AvgIpc) is 3.28. The molecule has 9 nitrogen and oxygen atoms in total. The molecule has 2 unspecified atom stereocenters. The standard InChI is InChI=1S/C54H106NO8P/c1-3-5-7-9-11-13-15-17-19-21-23-25-27-28-30-32-34-36-38-40-42-44-46-53(56)60-50-52(51-62-64(58,59)61-49-48-55)63-54(57)47-45-43-41-39-37-35-33-31-29-26-24-22-20-18-16-14-12-10-8-6-4-2/h22,24,52H,3-21,23,25-51,55H2,1-2H3,(H,58,59)/b24-22-. The minimum Gasteiger partial charge on any atom is -0.462 e. The summed E-state index contributed by atoms with van der Waals surface area (Å²) in [5.74, 6) is -0.811. The van der Waals surface area contributed by atoms with Crippen LogP contribution in [0.3, 0.4) is 0 Å². The molecule has 0 aliphatic carbocycles. The Labute approximate surface area is 396 Å². The highest BCUT2D eigenvalue weighted by atomic mass is 31.2. The van der Waals surface area contributed by atoms with Crippen molar-refractivity contribution in [2.24, 2.45) is 5.73 Å². The van der Waals surface area contributed by atoms with Crippen LogP contribution in [0.15, 0.2) is 12.2 Å². The van der Waals surface area contributed by atoms with E-state index in [0.29, 0.717) is 6.42 Å². The third-order valence-corrected chi connectivity index (χ3v) is 13.4. The number of esters is 2. The Morgan fingerprint density at radius 2 is 0.766 bits per heavy atom. The molecular weight excluding hydrogens is 822 g/mol. The van der Waals surface area contributed by atoms with Crippen molar-refractivity contribution in [3.8, 4) is 0 Å². The molecule has 0 heterocycles. The minimum atomic E-state index is -4.38. The van der Waals surface area contributed by atoms with Crippen LogP contribution in [0.5, 0.6) is 0 Å². The quantitative estimate of drug-likeness (QED) is 0.0265. The van der Waals surface area contributed by atoms with E-state index in [1.54, 1.807) is 0 Å². The monoisotopic (exact) mass is 928 g/mol. The van der Waals surface area contributed by atoms with Gasteiger partial charge in [-0.05, 0) is 38.5 Å². The smallest absolute Gasteiger partial charge is 0.462 e. The molecule has 0 aliphatic heterocycles. The first-order valence-electron chi connectivity index (χ1n) is 27.7. The van der Waals surface area contributed by atoms with Gasteiger partial charge in [0.2, 0.25) is 0 Å². The van der Waals surface area contributed by atoms with Gasteiger partial charge in [0.1, 0.15) is 6.61 Å². The number of carbonyl (C=O) groups excluding carboxylic acids is 2. The van der Waals surface area contributed by atoms with Crippen molar-refractivity contribution in [3.63, 3.8) is 0 Å². The zero-order chi connectivity index (χ0) is 46.7. The Morgan fingerprint density at radius 3 is 1.11 bits per heavy atom. The number of carbonyl (C=O) groups is 2. The van der Waals surface area contributed by atoms with Gasteiger partial charge >= 0.3 is 19.8 Å². The van der Waals surface area contributed by atoms with Crippen molar-refractivity contribution in [1.29, 1.82) is 0 Å². The number of unbranched alkanes of at least 4 members (excludes halogenated alkanes) is 38. The lowest BCUT2D eigenvalue weighted by Crippen LogP contribution is -2.29. The van der Waals surface area contributed by atoms with Crippen LogP contribution >= 0.6 is 7.82 Å². The summed E-state index contributed by atoms with van der Waals surface area (Å²) in [6.07, 6.45) is 56.9. The van der Waals surface area contributed by atoms with Gasteiger partial charge in [-0.3, -0.25) is 18.6 Å². The molecule has 0 rings (SSSR count). The molecule has 0 saturated carbocycles. The second kappa shape index (κ2) is 51.1. The van der Waals surface area contributed by atoms with E-state index in [9.17, 15) is 19.0 Å². The first kappa shape index (κ1) is 62.8. The molecule has 2 atom stereocenters. The van der Waals surface area contributed by atoms with Crippen molar-refractivity contribution in [2.45, 2.75) is 296 Å². The first-order valence-corrected chi connectivity index (χ1v) is 29.2. The lowest BCUT2D eigenvalue weighted by molar-refractivity contribution is -0.161. The molecular formula is C54H106NO8P. The molecule has 3 N–H and O–H groups in total. The molecule has 0 aliphatic rings. The molecule has 10 heteroatoms. The molecule has 0 fully saturated rings. The van der Waals surface area contributed by atoms with Gasteiger partial charge in [0.25, 0.3) is 0 Å². The molecule has 0 spiro atoms. The number of phosphoric acid groups is 1. The Bertz CT molecular complexity index is 1060. The van der Waals surface area contributed by atoms with E-state index < -0.39 is 26.5 Å². The van der Waals surface area contributed by atoms with Gasteiger partial charge in [0.15, 0.2) is 6.10 Å². The van der Waals surface area contributed by atoms with E-state index >= 15 is 0 Å². The van der Waals surface area contributed by atoms with Gasteiger partial charge in [-0.15, -0.1) is 0 Å². The molecule has 0 aromatic rings. The highest BCUT2D eigenvalue weighted by molar-refractivity contribution is 7.47. The topological polar surface area (TPSA) is 134 Å². The zero-order valence-electron chi connectivity index (χ0n) is 42.3. The first-order chi connectivity index (χ1) is 31.3. The summed E-state index contributed by atoms with van der Waals surface area (Å²) in [5, 5.41) is 0. The second-order valence-corrected chi connectivity index (χ2v) is 20.3. The summed E-state index contributed by atoms with van der Waals surface area (Å²) < 4.78 is 33.0. The van der Waals surface area contributed by atoms with Gasteiger partial charge in [-0.2, -0.15) is 0 Å². The summed E-state index contributed by atoms with van der Waals surface area (Å²) in [7, 11) is -4.38. The molecule has 0 amide bonds. The van der Waals surface area contributed by atoms with Crippen LogP contribution in [0, 0.1) is 0 Å². The fourth-order valence-electron chi connectivity index (χ4n) is 8.28. The summed E-state index contributed by atoms with van der Waals surface area (Å²) in [5.41, 5.74) is 5.38. The number of ether oxygens (including phenoxy) is 2. The van der Waals surface area contributed by atoms with E-state index in [0.717, 1.165) is 38.5 Å². The predicted octanol–water partition coefficient (Wildman–Crippen LogP) is 16.9. The number of nitrogens with two attached hydrogens (primary N) is 1. The van der Waals surface area contributed by atoms with Crippen molar-refractivity contribution in [1.82, 2.24) is 0 Å². The van der Waals surface area contributed by atoms with Gasteiger partial charge in [0, 0.05) is 19.4 Å². The summed E-state index contributed by atoms with van der Waals surface area (Å²) in [6.45, 7) is 3.80. The van der Waals surface area contributed by atoms with E-state index in [1.165, 1.54) is 218 Å². The van der Waals surface area contributed by atoms with Crippen LogP contribution in [0.4, 0.5) is 0 Å². The SMILES string of the molecule is CCCCCCCCCC/C=C\CCCCCCCCCCCC(=O)OC(COC(=O)CCCCCCCCCCCCCCCCCCCCCCCC)COP(=O)(O)OCCN. The fourth-order valence-corrected chi connectivity index (χ4v) is 9.05. The molecule has 0 radical (unpaired) electrons. The maximum absolute atomic E-state index is 12.7. The van der Waals surface area contributed by atoms with Crippen molar-refractivity contribution < 1.29 is 37.6 Å². The number of rotatable bonds is 53. The van der Waals surface area contributed by atoms with E-state index in [4.69, 9.17) is 24.3 Å². The van der Waals surface area contributed by atoms with Gasteiger partial charge in [0.05, 0.1) is 13.2 Å². The predicted molar refractivity (Wildman–Crippen MR) is 271 cm³/mol. The van der Waals surface area contributed by atoms with E-state index in [2.05, 4.69) is 26.0 Å². The van der Waals surface area contributed by atoms with Gasteiger partial charge in [-0.1, -0.05) is 251 Å². The third-order valence-electron chi connectivity index (χ3n) is 12.4. The van der Waals surface area contributed by atoms with Crippen LogP contribution in [0.25, 0.3) is 0 Å². The van der Waals surface area contributed by atoms with Crippen LogP contribution in [-0.2, 0) is 32.7 Å². The van der Waals surface area contributed by atoms with Crippen molar-refractivity contribution in [2.75, 3.05) is 26.4 Å². The second-order valence-electron chi connectivity index (χ2n) is 18.8. The van der Waals surface area contributed by atoms with Crippen LogP contribution in [0.2, 0.25) is 0 Å². The highest BCUT2D eigenvalue weighted by Gasteiger charge is 2.26. The third kappa shape index (κ3) is 50.2. The summed E-state index contributed by atoms with van der Waals surface area (Å²) in [4.78, 5) is 35.1. The largest absolute Gasteiger partial charge is 0.472 e. The highest BCUT2D eigenvalue weighted by Crippen LogP contribution is 2.43. The average molecular weight is 928 g/mol. The number of allylic oxidation sites excluding steroid dienone is 2. The summed E-state index contributed by atoms with van der Waals surface area (Å²) >= 11 is 0.